The van der Waals surface area contributed by atoms with Crippen LogP contribution in [0.4, 0.5) is 13.2 Å². The molecule has 0 bridgehead atoms. The van der Waals surface area contributed by atoms with Crippen molar-refractivity contribution in [1.82, 2.24) is 4.31 Å². The molecule has 0 aromatic heterocycles. The lowest BCUT2D eigenvalue weighted by Gasteiger charge is -2.11. The van der Waals surface area contributed by atoms with Crippen LogP contribution in [0.25, 0.3) is 0 Å². The average molecular weight is 344 g/mol. The van der Waals surface area contributed by atoms with E-state index in [4.69, 9.17) is 4.74 Å². The van der Waals surface area contributed by atoms with Crippen molar-refractivity contribution in [1.29, 1.82) is 0 Å². The molecular formula is C10H9BrF3NO2S. The largest absolute Gasteiger partial charge is 0.483 e. The van der Waals surface area contributed by atoms with E-state index in [1.54, 1.807) is 17.4 Å². The zero-order valence-corrected chi connectivity index (χ0v) is 11.7. The standard InChI is InChI=1S/C10H9BrF3NO2S/c1-15-4-6-2-8(17-5-10(12,13)14)7(11)3-9(6)18(15)16/h2-3H,4-5H2,1H3. The predicted molar refractivity (Wildman–Crippen MR) is 63.6 cm³/mol. The first-order valence-corrected chi connectivity index (χ1v) is 6.83. The Bertz CT molecular complexity index is 507. The molecule has 1 unspecified atom stereocenters. The summed E-state index contributed by atoms with van der Waals surface area (Å²) in [6, 6.07) is 3.03. The van der Waals surface area contributed by atoms with Crippen molar-refractivity contribution in [3.63, 3.8) is 0 Å². The van der Waals surface area contributed by atoms with Crippen molar-refractivity contribution in [2.24, 2.45) is 0 Å². The Morgan fingerprint density at radius 1 is 1.50 bits per heavy atom. The maximum Gasteiger partial charge on any atom is 0.422 e. The molecule has 0 saturated heterocycles. The lowest BCUT2D eigenvalue weighted by molar-refractivity contribution is -0.153. The van der Waals surface area contributed by atoms with Gasteiger partial charge in [0.2, 0.25) is 0 Å². The highest BCUT2D eigenvalue weighted by Crippen LogP contribution is 2.35. The number of alkyl halides is 3. The fraction of sp³-hybridized carbons (Fsp3) is 0.400. The van der Waals surface area contributed by atoms with Gasteiger partial charge in [0, 0.05) is 13.6 Å². The molecule has 0 spiro atoms. The van der Waals surface area contributed by atoms with Crippen LogP contribution in [0.1, 0.15) is 5.56 Å². The molecule has 1 atom stereocenters. The molecule has 18 heavy (non-hydrogen) atoms. The van der Waals surface area contributed by atoms with Crippen LogP contribution in [0, 0.1) is 0 Å². The molecule has 0 saturated carbocycles. The third kappa shape index (κ3) is 2.86. The summed E-state index contributed by atoms with van der Waals surface area (Å²) in [5.41, 5.74) is 0.719. The molecule has 0 radical (unpaired) electrons. The van der Waals surface area contributed by atoms with Crippen molar-refractivity contribution in [2.45, 2.75) is 17.6 Å². The van der Waals surface area contributed by atoms with Crippen molar-refractivity contribution < 1.29 is 22.1 Å². The number of ether oxygens (including phenoxy) is 1. The van der Waals surface area contributed by atoms with Gasteiger partial charge < -0.3 is 4.74 Å². The summed E-state index contributed by atoms with van der Waals surface area (Å²) >= 11 is 3.12. The molecule has 0 aliphatic carbocycles. The fourth-order valence-corrected chi connectivity index (χ4v) is 3.37. The van der Waals surface area contributed by atoms with Gasteiger partial charge in [-0.15, -0.1) is 0 Å². The third-order valence-corrected chi connectivity index (χ3v) is 4.44. The van der Waals surface area contributed by atoms with E-state index in [1.807, 2.05) is 0 Å². The number of nitrogens with zero attached hydrogens (tertiary/aromatic N) is 1. The highest BCUT2D eigenvalue weighted by atomic mass is 79.9. The van der Waals surface area contributed by atoms with E-state index in [2.05, 4.69) is 15.9 Å². The van der Waals surface area contributed by atoms with Crippen LogP contribution in [-0.4, -0.2) is 28.3 Å². The van der Waals surface area contributed by atoms with Crippen LogP contribution in [0.5, 0.6) is 5.75 Å². The van der Waals surface area contributed by atoms with E-state index >= 15 is 0 Å². The Labute approximate surface area is 113 Å². The number of hydrogen-bond donors (Lipinski definition) is 0. The fourth-order valence-electron chi connectivity index (χ4n) is 1.60. The first kappa shape index (κ1) is 13.8. The molecule has 2 rings (SSSR count). The monoisotopic (exact) mass is 343 g/mol. The van der Waals surface area contributed by atoms with E-state index in [9.17, 15) is 17.4 Å². The second-order valence-corrected chi connectivity index (χ2v) is 6.25. The Kier molecular flexibility index (Phi) is 3.70. The summed E-state index contributed by atoms with van der Waals surface area (Å²) < 4.78 is 54.7. The predicted octanol–water partition coefficient (Wildman–Crippen LogP) is 2.86. The summed E-state index contributed by atoms with van der Waals surface area (Å²) in [5.74, 6) is 0.110. The van der Waals surface area contributed by atoms with Gasteiger partial charge in [0.25, 0.3) is 0 Å². The Morgan fingerprint density at radius 2 is 2.17 bits per heavy atom. The molecule has 8 heteroatoms. The van der Waals surface area contributed by atoms with Gasteiger partial charge in [-0.2, -0.15) is 13.2 Å². The first-order chi connectivity index (χ1) is 8.28. The smallest absolute Gasteiger partial charge is 0.422 e. The zero-order valence-electron chi connectivity index (χ0n) is 9.25. The van der Waals surface area contributed by atoms with Gasteiger partial charge in [-0.05, 0) is 33.6 Å². The lowest BCUT2D eigenvalue weighted by Crippen LogP contribution is -2.19. The van der Waals surface area contributed by atoms with Crippen LogP contribution in [0.15, 0.2) is 21.5 Å². The van der Waals surface area contributed by atoms with E-state index in [0.29, 0.717) is 15.9 Å². The Balaban J connectivity index is 2.25. The number of fused-ring (bicyclic) bond motifs is 1. The molecule has 100 valence electrons. The summed E-state index contributed by atoms with van der Waals surface area (Å²) in [7, 11) is 0.424. The first-order valence-electron chi connectivity index (χ1n) is 4.93. The molecule has 0 amide bonds. The molecule has 3 nitrogen and oxygen atoms in total. The molecule has 1 aromatic carbocycles. The van der Waals surface area contributed by atoms with Crippen LogP contribution < -0.4 is 4.74 Å². The van der Waals surface area contributed by atoms with Gasteiger partial charge in [-0.3, -0.25) is 0 Å². The van der Waals surface area contributed by atoms with Gasteiger partial charge in [0.1, 0.15) is 16.7 Å². The van der Waals surface area contributed by atoms with Crippen LogP contribution in [-0.2, 0) is 17.5 Å². The normalized spacial score (nSPS) is 19.9. The Hall–Kier alpha value is -0.600. The quantitative estimate of drug-likeness (QED) is 0.826. The molecule has 0 N–H and O–H groups in total. The van der Waals surface area contributed by atoms with Gasteiger partial charge in [0.05, 0.1) is 9.37 Å². The van der Waals surface area contributed by atoms with Crippen molar-refractivity contribution >= 4 is 26.9 Å². The minimum absolute atomic E-state index is 0.110. The SMILES string of the molecule is CN1Cc2cc(OCC(F)(F)F)c(Br)cc2S1=O. The topological polar surface area (TPSA) is 29.5 Å². The minimum Gasteiger partial charge on any atom is -0.483 e. The van der Waals surface area contributed by atoms with Crippen molar-refractivity contribution in [3.05, 3.63) is 22.2 Å². The molecule has 1 aromatic rings. The highest BCUT2D eigenvalue weighted by Gasteiger charge is 2.30. The maximum absolute atomic E-state index is 12.1. The molecule has 1 aliphatic rings. The van der Waals surface area contributed by atoms with Gasteiger partial charge in [0.15, 0.2) is 6.61 Å². The van der Waals surface area contributed by atoms with Crippen LogP contribution in [0.2, 0.25) is 0 Å². The van der Waals surface area contributed by atoms with Crippen molar-refractivity contribution in [3.8, 4) is 5.75 Å². The van der Waals surface area contributed by atoms with Crippen LogP contribution in [0.3, 0.4) is 0 Å². The van der Waals surface area contributed by atoms with Gasteiger partial charge in [-0.1, -0.05) is 0 Å². The minimum atomic E-state index is -4.38. The summed E-state index contributed by atoms with van der Waals surface area (Å²) in [5, 5.41) is 0. The maximum atomic E-state index is 12.1. The number of rotatable bonds is 2. The number of hydrogen-bond acceptors (Lipinski definition) is 2. The third-order valence-electron chi connectivity index (χ3n) is 2.37. The summed E-state index contributed by atoms with van der Waals surface area (Å²) in [4.78, 5) is 0.601. The average Bonchev–Trinajstić information content (AvgIpc) is 2.51. The molecule has 1 aliphatic heterocycles. The van der Waals surface area contributed by atoms with E-state index < -0.39 is 23.8 Å². The van der Waals surface area contributed by atoms with E-state index in [1.165, 1.54) is 6.07 Å². The second-order valence-electron chi connectivity index (χ2n) is 3.83. The lowest BCUT2D eigenvalue weighted by atomic mass is 10.2. The van der Waals surface area contributed by atoms with Gasteiger partial charge in [-0.25, -0.2) is 8.51 Å². The zero-order chi connectivity index (χ0) is 13.5. The van der Waals surface area contributed by atoms with E-state index in [0.717, 1.165) is 5.56 Å². The van der Waals surface area contributed by atoms with Crippen LogP contribution >= 0.6 is 15.9 Å². The highest BCUT2D eigenvalue weighted by molar-refractivity contribution is 9.10. The Morgan fingerprint density at radius 3 is 2.78 bits per heavy atom. The summed E-state index contributed by atoms with van der Waals surface area (Å²) in [6.07, 6.45) is -4.38. The van der Waals surface area contributed by atoms with Gasteiger partial charge >= 0.3 is 6.18 Å². The second kappa shape index (κ2) is 4.82. The number of benzene rings is 1. The summed E-state index contributed by atoms with van der Waals surface area (Å²) in [6.45, 7) is -0.916. The van der Waals surface area contributed by atoms with Crippen molar-refractivity contribution in [2.75, 3.05) is 13.7 Å². The molecule has 0 fully saturated rings. The molecule has 1 heterocycles. The van der Waals surface area contributed by atoms with E-state index in [-0.39, 0.29) is 5.75 Å². The molecular weight excluding hydrogens is 335 g/mol. The number of halogens is 4.